The van der Waals surface area contributed by atoms with Gasteiger partial charge in [-0.3, -0.25) is 0 Å². The van der Waals surface area contributed by atoms with Crippen molar-refractivity contribution < 1.29 is 4.79 Å². The van der Waals surface area contributed by atoms with Crippen LogP contribution < -0.4 is 0 Å². The van der Waals surface area contributed by atoms with Gasteiger partial charge >= 0.3 is 0 Å². The van der Waals surface area contributed by atoms with Crippen molar-refractivity contribution in [3.63, 3.8) is 0 Å². The van der Waals surface area contributed by atoms with Crippen LogP contribution in [0.25, 0.3) is 0 Å². The van der Waals surface area contributed by atoms with Crippen LogP contribution in [0.15, 0.2) is 0 Å². The molecule has 0 aromatic rings. The highest BCUT2D eigenvalue weighted by Crippen LogP contribution is 2.69. The van der Waals surface area contributed by atoms with Crippen LogP contribution in [0, 0.1) is 16.7 Å². The molecule has 0 heterocycles. The molecule has 0 unspecified atom stereocenters. The zero-order chi connectivity index (χ0) is 8.70. The molecule has 0 aromatic carbocycles. The molecule has 11 heavy (non-hydrogen) atoms. The molecule has 0 aliphatic heterocycles. The Bertz CT molecular complexity index is 154. The molecule has 0 saturated heterocycles. The summed E-state index contributed by atoms with van der Waals surface area (Å²) in [6.07, 6.45) is 2.84. The minimum Gasteiger partial charge on any atom is -0.303 e. The lowest BCUT2D eigenvalue weighted by Gasteiger charge is -2.04. The fourth-order valence-electron chi connectivity index (χ4n) is 2.29. The Morgan fingerprint density at radius 2 is 1.64 bits per heavy atom. The number of carbonyl (C=O) groups excluding carboxylic acids is 1. The fraction of sp³-hybridized carbons (Fsp3) is 0.900. The summed E-state index contributed by atoms with van der Waals surface area (Å²) >= 11 is 0. The van der Waals surface area contributed by atoms with Gasteiger partial charge in [-0.05, 0) is 23.2 Å². The van der Waals surface area contributed by atoms with Crippen molar-refractivity contribution in [1.82, 2.24) is 0 Å². The Morgan fingerprint density at radius 3 is 1.91 bits per heavy atom. The predicted molar refractivity (Wildman–Crippen MR) is 46.4 cm³/mol. The van der Waals surface area contributed by atoms with Gasteiger partial charge in [0, 0.05) is 6.42 Å². The van der Waals surface area contributed by atoms with Gasteiger partial charge in [0.1, 0.15) is 6.29 Å². The maximum absolute atomic E-state index is 10.2. The van der Waals surface area contributed by atoms with Gasteiger partial charge in [0.05, 0.1) is 0 Å². The van der Waals surface area contributed by atoms with Crippen molar-refractivity contribution in [1.29, 1.82) is 0 Å². The van der Waals surface area contributed by atoms with E-state index < -0.39 is 0 Å². The zero-order valence-corrected chi connectivity index (χ0v) is 7.98. The van der Waals surface area contributed by atoms with Crippen LogP contribution in [0.2, 0.25) is 0 Å². The Balaban J connectivity index is 2.46. The van der Waals surface area contributed by atoms with E-state index in [1.807, 2.05) is 0 Å². The van der Waals surface area contributed by atoms with Gasteiger partial charge in [-0.2, -0.15) is 0 Å². The summed E-state index contributed by atoms with van der Waals surface area (Å²) in [5.41, 5.74) is 0.909. The van der Waals surface area contributed by atoms with E-state index in [9.17, 15) is 4.79 Å². The second-order valence-corrected chi connectivity index (χ2v) is 4.74. The summed E-state index contributed by atoms with van der Waals surface area (Å²) in [4.78, 5) is 10.2. The second-order valence-electron chi connectivity index (χ2n) is 4.74. The van der Waals surface area contributed by atoms with Crippen molar-refractivity contribution in [2.75, 3.05) is 0 Å². The summed E-state index contributed by atoms with van der Waals surface area (Å²) in [6, 6.07) is 0. The number of hydrogen-bond acceptors (Lipinski definition) is 1. The molecule has 0 aromatic heterocycles. The van der Waals surface area contributed by atoms with E-state index in [0.717, 1.165) is 25.0 Å². The zero-order valence-electron chi connectivity index (χ0n) is 7.98. The lowest BCUT2D eigenvalue weighted by Crippen LogP contribution is -1.95. The first-order valence-electron chi connectivity index (χ1n) is 4.38. The highest BCUT2D eigenvalue weighted by molar-refractivity contribution is 5.49. The van der Waals surface area contributed by atoms with Crippen LogP contribution in [-0.2, 0) is 4.79 Å². The maximum Gasteiger partial charge on any atom is 0.120 e. The largest absolute Gasteiger partial charge is 0.303 e. The van der Waals surface area contributed by atoms with Crippen LogP contribution in [-0.4, -0.2) is 6.29 Å². The Hall–Kier alpha value is -0.330. The van der Waals surface area contributed by atoms with Crippen LogP contribution in [0.1, 0.15) is 40.5 Å². The van der Waals surface area contributed by atoms with Crippen molar-refractivity contribution in [2.24, 2.45) is 16.7 Å². The van der Waals surface area contributed by atoms with Gasteiger partial charge in [0.25, 0.3) is 0 Å². The molecule has 0 N–H and O–H groups in total. The third-order valence-electron chi connectivity index (χ3n) is 3.89. The van der Waals surface area contributed by atoms with Gasteiger partial charge in [0.2, 0.25) is 0 Å². The highest BCUT2D eigenvalue weighted by Gasteiger charge is 2.63. The second kappa shape index (κ2) is 2.33. The van der Waals surface area contributed by atoms with Gasteiger partial charge in [-0.15, -0.1) is 0 Å². The molecular weight excluding hydrogens is 136 g/mol. The minimum atomic E-state index is 0.454. The molecule has 0 amide bonds. The van der Waals surface area contributed by atoms with Gasteiger partial charge < -0.3 is 4.79 Å². The average molecular weight is 154 g/mol. The summed E-state index contributed by atoms with van der Waals surface area (Å²) in [6.45, 7) is 9.18. The first-order chi connectivity index (χ1) is 4.94. The molecule has 1 saturated carbocycles. The van der Waals surface area contributed by atoms with E-state index in [4.69, 9.17) is 0 Å². The molecule has 1 nitrogen and oxygen atoms in total. The fourth-order valence-corrected chi connectivity index (χ4v) is 2.29. The number of carbonyl (C=O) groups is 1. The summed E-state index contributed by atoms with van der Waals surface area (Å²) in [5, 5.41) is 0. The van der Waals surface area contributed by atoms with Gasteiger partial charge in [-0.25, -0.2) is 0 Å². The molecule has 0 bridgehead atoms. The van der Waals surface area contributed by atoms with Crippen molar-refractivity contribution in [3.8, 4) is 0 Å². The monoisotopic (exact) mass is 154 g/mol. The standard InChI is InChI=1S/C10H18O/c1-9(2)8(6-5-7-11)10(9,3)4/h7-8H,5-6H2,1-4H3. The minimum absolute atomic E-state index is 0.454. The molecule has 1 aliphatic rings. The molecule has 0 spiro atoms. The third kappa shape index (κ3) is 1.11. The summed E-state index contributed by atoms with van der Waals surface area (Å²) in [7, 11) is 0. The molecule has 1 heteroatoms. The molecule has 1 aliphatic carbocycles. The molecule has 0 radical (unpaired) electrons. The van der Waals surface area contributed by atoms with Crippen LogP contribution in [0.4, 0.5) is 0 Å². The Morgan fingerprint density at radius 1 is 1.18 bits per heavy atom. The highest BCUT2D eigenvalue weighted by atomic mass is 16.1. The molecule has 64 valence electrons. The Labute approximate surface area is 69.2 Å². The molecule has 0 atom stereocenters. The van der Waals surface area contributed by atoms with E-state index in [2.05, 4.69) is 27.7 Å². The summed E-state index contributed by atoms with van der Waals surface area (Å²) in [5.74, 6) is 0.750. The smallest absolute Gasteiger partial charge is 0.120 e. The Kier molecular flexibility index (Phi) is 1.85. The van der Waals surface area contributed by atoms with Crippen LogP contribution in [0.5, 0.6) is 0 Å². The molecular formula is C10H18O. The average Bonchev–Trinajstić information content (AvgIpc) is 2.23. The first-order valence-corrected chi connectivity index (χ1v) is 4.38. The van der Waals surface area contributed by atoms with Gasteiger partial charge in [-0.1, -0.05) is 27.7 Å². The third-order valence-corrected chi connectivity index (χ3v) is 3.89. The number of rotatable bonds is 3. The molecule has 1 fully saturated rings. The summed E-state index contributed by atoms with van der Waals surface area (Å²) < 4.78 is 0. The van der Waals surface area contributed by atoms with E-state index in [1.165, 1.54) is 0 Å². The van der Waals surface area contributed by atoms with E-state index >= 15 is 0 Å². The first kappa shape index (κ1) is 8.76. The SMILES string of the molecule is CC1(C)C(CCC=O)C1(C)C. The number of aldehydes is 1. The van der Waals surface area contributed by atoms with Gasteiger partial charge in [0.15, 0.2) is 0 Å². The van der Waals surface area contributed by atoms with E-state index in [-0.39, 0.29) is 0 Å². The lowest BCUT2D eigenvalue weighted by molar-refractivity contribution is -0.108. The predicted octanol–water partition coefficient (Wildman–Crippen LogP) is 2.65. The maximum atomic E-state index is 10.2. The van der Waals surface area contributed by atoms with E-state index in [0.29, 0.717) is 10.8 Å². The molecule has 1 rings (SSSR count). The van der Waals surface area contributed by atoms with Crippen molar-refractivity contribution in [3.05, 3.63) is 0 Å². The van der Waals surface area contributed by atoms with Crippen molar-refractivity contribution in [2.45, 2.75) is 40.5 Å². The van der Waals surface area contributed by atoms with E-state index in [1.54, 1.807) is 0 Å². The van der Waals surface area contributed by atoms with Crippen LogP contribution >= 0.6 is 0 Å². The number of hydrogen-bond donors (Lipinski definition) is 0. The van der Waals surface area contributed by atoms with Crippen molar-refractivity contribution >= 4 is 6.29 Å². The lowest BCUT2D eigenvalue weighted by atomic mass is 10.0. The quantitative estimate of drug-likeness (QED) is 0.571. The van der Waals surface area contributed by atoms with Crippen LogP contribution in [0.3, 0.4) is 0 Å². The normalized spacial score (nSPS) is 26.5. The topological polar surface area (TPSA) is 17.1 Å².